The van der Waals surface area contributed by atoms with Crippen LogP contribution in [-0.4, -0.2) is 108 Å². The molecule has 3 aromatic carbocycles. The van der Waals surface area contributed by atoms with E-state index in [1.807, 2.05) is 19.9 Å². The summed E-state index contributed by atoms with van der Waals surface area (Å²) >= 11 is 6.62. The van der Waals surface area contributed by atoms with E-state index in [0.717, 1.165) is 75.5 Å². The number of imide groups is 1. The van der Waals surface area contributed by atoms with Crippen LogP contribution >= 0.6 is 18.7 Å². The second kappa shape index (κ2) is 20.5. The summed E-state index contributed by atoms with van der Waals surface area (Å²) in [6.07, 6.45) is 5.51. The number of fused-ring (bicyclic) bond motifs is 1. The lowest BCUT2D eigenvalue weighted by molar-refractivity contribution is -0.134. The molecule has 1 atom stereocenters. The number of hydrogen-bond acceptors (Lipinski definition) is 12. The van der Waals surface area contributed by atoms with Gasteiger partial charge in [-0.3, -0.25) is 19.8 Å². The molecule has 356 valence electrons. The Morgan fingerprint density at radius 3 is 2.25 bits per heavy atom. The molecule has 0 unspecified atom stereocenters. The number of piperidine rings is 2. The maximum Gasteiger partial charge on any atom is 0.234 e. The molecule has 18 heteroatoms. The number of carbonyl (C=O) groups excluding carboxylic acids is 2. The van der Waals surface area contributed by atoms with Crippen molar-refractivity contribution in [3.63, 3.8) is 0 Å². The fourth-order valence-electron chi connectivity index (χ4n) is 9.67. The normalized spacial score (nSPS) is 17.8. The summed E-state index contributed by atoms with van der Waals surface area (Å²) < 4.78 is 65.8. The zero-order valence-electron chi connectivity index (χ0n) is 38.7. The number of rotatable bonds is 15. The van der Waals surface area contributed by atoms with Crippen LogP contribution in [0.15, 0.2) is 48.7 Å². The second-order valence-electron chi connectivity index (χ2n) is 17.9. The highest BCUT2D eigenvalue weighted by Gasteiger charge is 2.33. The van der Waals surface area contributed by atoms with Crippen LogP contribution in [-0.2, 0) is 33.4 Å². The van der Waals surface area contributed by atoms with Crippen molar-refractivity contribution < 1.29 is 32.1 Å². The lowest BCUT2D eigenvalue weighted by Gasteiger charge is -2.43. The van der Waals surface area contributed by atoms with E-state index in [1.54, 1.807) is 19.4 Å². The zero-order valence-corrected chi connectivity index (χ0v) is 40.3. The number of halogens is 4. The van der Waals surface area contributed by atoms with Gasteiger partial charge in [0.1, 0.15) is 35.1 Å². The predicted octanol–water partition coefficient (Wildman–Crippen LogP) is 8.70. The molecular formula is C49H58ClF3N9O4P. The van der Waals surface area contributed by atoms with Gasteiger partial charge < -0.3 is 29.7 Å². The quantitative estimate of drug-likeness (QED) is 0.0682. The first-order valence-electron chi connectivity index (χ1n) is 23.2. The molecule has 0 spiro atoms. The average Bonchev–Trinajstić information content (AvgIpc) is 3.30. The Labute approximate surface area is 394 Å². The van der Waals surface area contributed by atoms with Gasteiger partial charge in [0, 0.05) is 98.0 Å². The minimum Gasteiger partial charge on any atom is -0.492 e. The van der Waals surface area contributed by atoms with Crippen LogP contribution in [0.1, 0.15) is 74.8 Å². The standard InChI is InChI=1S/C49H58ClF3N9O4P/c1-6-30-25-39(57-49-54-28-35(50)47(59-49)56-40-26-38(53)45-34(46(40)67(4,5)65)10-9-31(7-2)55-45)42(66-8-3)27-41(30)62-17-14-32(15-18-62)61-21-19-60(20-22-61)16-13-29-23-36(51)44(37(52)24-29)33-11-12-43(63)58-48(33)64/h9-10,23-28,32-33H,6-8,11-22H2,1-5H3,(H,58,63,64)(H2,54,56,57,59)/t33-/m1/s1. The number of amides is 2. The van der Waals surface area contributed by atoms with Crippen LogP contribution < -0.4 is 30.9 Å². The molecule has 13 nitrogen and oxygen atoms in total. The first-order valence-corrected chi connectivity index (χ1v) is 26.2. The molecule has 3 aliphatic heterocycles. The van der Waals surface area contributed by atoms with E-state index in [2.05, 4.69) is 64.7 Å². The Morgan fingerprint density at radius 2 is 1.60 bits per heavy atom. The van der Waals surface area contributed by atoms with Crippen molar-refractivity contribution in [3.05, 3.63) is 93.5 Å². The Bertz CT molecular complexity index is 2700. The molecule has 2 aromatic heterocycles. The lowest BCUT2D eigenvalue weighted by atomic mass is 9.89. The largest absolute Gasteiger partial charge is 0.492 e. The van der Waals surface area contributed by atoms with Gasteiger partial charge in [0.25, 0.3) is 0 Å². The van der Waals surface area contributed by atoms with Gasteiger partial charge in [-0.15, -0.1) is 0 Å². The van der Waals surface area contributed by atoms with Crippen molar-refractivity contribution in [1.29, 1.82) is 0 Å². The number of nitrogens with one attached hydrogen (secondary N) is 3. The highest BCUT2D eigenvalue weighted by molar-refractivity contribution is 7.71. The molecular weight excluding hydrogens is 902 g/mol. The van der Waals surface area contributed by atoms with Crippen molar-refractivity contribution in [2.45, 2.75) is 77.7 Å². The maximum atomic E-state index is 15.6. The minimum atomic E-state index is -2.96. The van der Waals surface area contributed by atoms with E-state index < -0.39 is 42.3 Å². The summed E-state index contributed by atoms with van der Waals surface area (Å²) in [5, 5.41) is 9.80. The number of hydrogen-bond donors (Lipinski definition) is 3. The smallest absolute Gasteiger partial charge is 0.234 e. The number of aryl methyl sites for hydroxylation is 2. The Morgan fingerprint density at radius 1 is 0.866 bits per heavy atom. The third-order valence-corrected chi connectivity index (χ3v) is 15.0. The molecule has 5 heterocycles. The molecule has 3 N–H and O–H groups in total. The van der Waals surface area contributed by atoms with Crippen LogP contribution in [0.25, 0.3) is 10.9 Å². The summed E-state index contributed by atoms with van der Waals surface area (Å²) in [6.45, 7) is 15.7. The van der Waals surface area contributed by atoms with Crippen LogP contribution in [0.5, 0.6) is 5.75 Å². The van der Waals surface area contributed by atoms with Crippen LogP contribution in [0.2, 0.25) is 5.02 Å². The van der Waals surface area contributed by atoms with Gasteiger partial charge in [-0.05, 0) is 94.2 Å². The first kappa shape index (κ1) is 48.2. The van der Waals surface area contributed by atoms with Crippen molar-refractivity contribution in [1.82, 2.24) is 30.1 Å². The fourth-order valence-corrected chi connectivity index (χ4v) is 11.3. The number of nitrogens with zero attached hydrogens (tertiary/aromatic N) is 6. The molecule has 3 saturated heterocycles. The van der Waals surface area contributed by atoms with Gasteiger partial charge in [0.2, 0.25) is 17.8 Å². The van der Waals surface area contributed by atoms with Gasteiger partial charge in [-0.25, -0.2) is 23.1 Å². The van der Waals surface area contributed by atoms with E-state index in [0.29, 0.717) is 59.7 Å². The number of aromatic nitrogens is 3. The van der Waals surface area contributed by atoms with Gasteiger partial charge >= 0.3 is 0 Å². The molecule has 3 fully saturated rings. The predicted molar refractivity (Wildman–Crippen MR) is 259 cm³/mol. The second-order valence-corrected chi connectivity index (χ2v) is 21.4. The third kappa shape index (κ3) is 10.7. The zero-order chi connectivity index (χ0) is 47.6. The minimum absolute atomic E-state index is 0.0558. The van der Waals surface area contributed by atoms with Crippen molar-refractivity contribution in [2.75, 3.05) is 81.3 Å². The highest BCUT2D eigenvalue weighted by Crippen LogP contribution is 2.43. The molecule has 5 aromatic rings. The maximum absolute atomic E-state index is 15.6. The number of ether oxygens (including phenoxy) is 1. The van der Waals surface area contributed by atoms with E-state index in [4.69, 9.17) is 16.3 Å². The third-order valence-electron chi connectivity index (χ3n) is 13.1. The van der Waals surface area contributed by atoms with E-state index in [-0.39, 0.29) is 46.4 Å². The van der Waals surface area contributed by atoms with Crippen LogP contribution in [0.4, 0.5) is 42.0 Å². The summed E-state index contributed by atoms with van der Waals surface area (Å²) in [4.78, 5) is 44.8. The SMILES string of the molecule is CCOc1cc(N2CCC(N3CCN(CCc4cc(F)c([C@H]5CCC(=O)NC5=O)c(F)c4)CC3)CC2)c(CC)cc1Nc1ncc(Cl)c(Nc2cc(F)c3nc(CC)ccc3c2P(C)(C)=O)n1. The van der Waals surface area contributed by atoms with Crippen LogP contribution in [0, 0.1) is 17.5 Å². The van der Waals surface area contributed by atoms with Gasteiger partial charge in [0.15, 0.2) is 11.6 Å². The van der Waals surface area contributed by atoms with Gasteiger partial charge in [0.05, 0.1) is 30.1 Å². The molecule has 8 rings (SSSR count). The number of pyridine rings is 1. The lowest BCUT2D eigenvalue weighted by Crippen LogP contribution is -2.53. The van der Waals surface area contributed by atoms with Crippen molar-refractivity contribution in [2.24, 2.45) is 0 Å². The van der Waals surface area contributed by atoms with E-state index in [1.165, 1.54) is 24.4 Å². The number of benzene rings is 3. The molecule has 67 heavy (non-hydrogen) atoms. The molecule has 2 amide bonds. The van der Waals surface area contributed by atoms with E-state index >= 15 is 13.2 Å². The molecule has 0 bridgehead atoms. The first-order chi connectivity index (χ1) is 32.1. The van der Waals surface area contributed by atoms with Crippen molar-refractivity contribution in [3.8, 4) is 5.75 Å². The number of carbonyl (C=O) groups is 2. The Balaban J connectivity index is 0.894. The Kier molecular flexibility index (Phi) is 14.8. The van der Waals surface area contributed by atoms with E-state index in [9.17, 15) is 14.2 Å². The van der Waals surface area contributed by atoms with Crippen LogP contribution in [0.3, 0.4) is 0 Å². The number of piperazine rings is 1. The highest BCUT2D eigenvalue weighted by atomic mass is 35.5. The number of anilines is 5. The molecule has 0 radical (unpaired) electrons. The summed E-state index contributed by atoms with van der Waals surface area (Å²) in [6, 6.07) is 12.1. The summed E-state index contributed by atoms with van der Waals surface area (Å²) in [5.74, 6) is -3.02. The average molecular weight is 960 g/mol. The molecule has 0 saturated carbocycles. The summed E-state index contributed by atoms with van der Waals surface area (Å²) in [5.41, 5.74) is 4.41. The van der Waals surface area contributed by atoms with Gasteiger partial charge in [-0.1, -0.05) is 31.5 Å². The Hall–Kier alpha value is -5.28. The van der Waals surface area contributed by atoms with Gasteiger partial charge in [-0.2, -0.15) is 4.98 Å². The summed E-state index contributed by atoms with van der Waals surface area (Å²) in [7, 11) is -2.96. The topological polar surface area (TPSA) is 145 Å². The van der Waals surface area contributed by atoms with Crippen molar-refractivity contribution >= 4 is 75.6 Å². The fraction of sp³-hybridized carbons (Fsp3) is 0.449. The monoisotopic (exact) mass is 959 g/mol. The molecule has 0 aliphatic carbocycles. The molecule has 3 aliphatic rings.